The van der Waals surface area contributed by atoms with Crippen LogP contribution in [-0.2, 0) is 19.6 Å². The van der Waals surface area contributed by atoms with E-state index in [9.17, 15) is 0 Å². The molecule has 7 heteroatoms. The Morgan fingerprint density at radius 2 is 0.929 bits per heavy atom. The molecule has 0 aliphatic rings. The fraction of sp³-hybridized carbons (Fsp3) is 0.429. The van der Waals surface area contributed by atoms with E-state index in [0.717, 1.165) is 58.9 Å². The van der Waals surface area contributed by atoms with Crippen LogP contribution in [0.4, 0.5) is 0 Å². The highest BCUT2D eigenvalue weighted by molar-refractivity contribution is 7.08. The second-order valence-electron chi connectivity index (χ2n) is 6.77. The Morgan fingerprint density at radius 1 is 0.571 bits per heavy atom. The Balaban J connectivity index is 1.32. The maximum absolute atomic E-state index is 3.57. The molecule has 0 aliphatic carbocycles. The van der Waals surface area contributed by atoms with Gasteiger partial charge in [-0.15, -0.1) is 0 Å². The zero-order chi connectivity index (χ0) is 19.3. The molecule has 3 rings (SSSR count). The quantitative estimate of drug-likeness (QED) is 0.318. The highest BCUT2D eigenvalue weighted by Gasteiger charge is 2.05. The molecule has 3 N–H and O–H groups in total. The number of rotatable bonds is 15. The van der Waals surface area contributed by atoms with Crippen molar-refractivity contribution in [2.75, 3.05) is 39.3 Å². The van der Waals surface area contributed by atoms with E-state index in [0.29, 0.717) is 0 Å². The second-order valence-corrected chi connectivity index (χ2v) is 9.11. The van der Waals surface area contributed by atoms with Crippen LogP contribution in [-0.4, -0.2) is 44.2 Å². The van der Waals surface area contributed by atoms with Crippen molar-refractivity contribution in [2.24, 2.45) is 0 Å². The largest absolute Gasteiger partial charge is 0.311 e. The lowest BCUT2D eigenvalue weighted by Gasteiger charge is -2.23. The minimum Gasteiger partial charge on any atom is -0.311 e. The number of hydrogen-bond donors (Lipinski definition) is 3. The molecule has 0 saturated heterocycles. The molecule has 0 atom stereocenters. The Labute approximate surface area is 180 Å². The molecule has 0 spiro atoms. The van der Waals surface area contributed by atoms with Crippen LogP contribution in [0.5, 0.6) is 0 Å². The van der Waals surface area contributed by atoms with Gasteiger partial charge in [-0.2, -0.15) is 34.0 Å². The third kappa shape index (κ3) is 8.53. The van der Waals surface area contributed by atoms with Crippen molar-refractivity contribution in [2.45, 2.75) is 19.6 Å². The summed E-state index contributed by atoms with van der Waals surface area (Å²) in [6, 6.07) is 6.58. The van der Waals surface area contributed by atoms with Crippen molar-refractivity contribution in [1.82, 2.24) is 20.9 Å². The fourth-order valence-corrected chi connectivity index (χ4v) is 4.93. The van der Waals surface area contributed by atoms with Gasteiger partial charge in [-0.3, -0.25) is 4.90 Å². The molecule has 3 aromatic heterocycles. The first-order valence-electron chi connectivity index (χ1n) is 9.78. The van der Waals surface area contributed by atoms with Crippen LogP contribution in [0.2, 0.25) is 0 Å². The van der Waals surface area contributed by atoms with Crippen LogP contribution in [0.3, 0.4) is 0 Å². The van der Waals surface area contributed by atoms with Gasteiger partial charge in [0.05, 0.1) is 0 Å². The molecule has 4 nitrogen and oxygen atoms in total. The molecule has 3 aromatic rings. The van der Waals surface area contributed by atoms with Gasteiger partial charge in [-0.25, -0.2) is 0 Å². The highest BCUT2D eigenvalue weighted by atomic mass is 32.1. The third-order valence-electron chi connectivity index (χ3n) is 4.54. The van der Waals surface area contributed by atoms with Crippen molar-refractivity contribution in [3.05, 3.63) is 67.2 Å². The summed E-state index contributed by atoms with van der Waals surface area (Å²) < 4.78 is 0. The molecule has 0 radical (unpaired) electrons. The van der Waals surface area contributed by atoms with E-state index in [1.54, 1.807) is 34.0 Å². The van der Waals surface area contributed by atoms with Gasteiger partial charge >= 0.3 is 0 Å². The first kappa shape index (κ1) is 21.6. The lowest BCUT2D eigenvalue weighted by atomic mass is 10.3. The van der Waals surface area contributed by atoms with Gasteiger partial charge in [0.2, 0.25) is 0 Å². The highest BCUT2D eigenvalue weighted by Crippen LogP contribution is 2.06. The standard InChI is InChI=1S/C21H30N4S3/c1-10-26-16-19(1)13-22-4-7-25(8-5-23-14-20-2-11-27-17-20)9-6-24-15-21-3-12-28-18-21/h1-3,10-12,16-18,22-24H,4-9,13-15H2. The predicted molar refractivity (Wildman–Crippen MR) is 125 cm³/mol. The molecule has 152 valence electrons. The maximum Gasteiger partial charge on any atom is 0.0214 e. The molecule has 28 heavy (non-hydrogen) atoms. The van der Waals surface area contributed by atoms with E-state index >= 15 is 0 Å². The molecule has 0 unspecified atom stereocenters. The van der Waals surface area contributed by atoms with Crippen LogP contribution < -0.4 is 16.0 Å². The van der Waals surface area contributed by atoms with Gasteiger partial charge in [-0.05, 0) is 67.2 Å². The monoisotopic (exact) mass is 434 g/mol. The summed E-state index contributed by atoms with van der Waals surface area (Å²) in [5.74, 6) is 0. The number of thiophene rings is 3. The minimum atomic E-state index is 0.962. The van der Waals surface area contributed by atoms with Gasteiger partial charge in [0.1, 0.15) is 0 Å². The third-order valence-corrected chi connectivity index (χ3v) is 6.74. The summed E-state index contributed by atoms with van der Waals surface area (Å²) in [6.07, 6.45) is 0. The molecular formula is C21H30N4S3. The minimum absolute atomic E-state index is 0.962. The average molecular weight is 435 g/mol. The normalized spacial score (nSPS) is 11.5. The van der Waals surface area contributed by atoms with E-state index in [2.05, 4.69) is 71.3 Å². The molecule has 0 saturated carbocycles. The lowest BCUT2D eigenvalue weighted by molar-refractivity contribution is 0.271. The van der Waals surface area contributed by atoms with Crippen LogP contribution in [0.1, 0.15) is 16.7 Å². The van der Waals surface area contributed by atoms with Crippen molar-refractivity contribution in [3.8, 4) is 0 Å². The first-order chi connectivity index (χ1) is 13.9. The zero-order valence-corrected chi connectivity index (χ0v) is 18.7. The summed E-state index contributed by atoms with van der Waals surface area (Å²) in [4.78, 5) is 2.54. The Bertz CT molecular complexity index is 611. The second kappa shape index (κ2) is 13.2. The van der Waals surface area contributed by atoms with Crippen LogP contribution in [0.25, 0.3) is 0 Å². The van der Waals surface area contributed by atoms with Crippen molar-refractivity contribution < 1.29 is 0 Å². The Morgan fingerprint density at radius 3 is 1.21 bits per heavy atom. The average Bonchev–Trinajstić information content (AvgIpc) is 3.48. The van der Waals surface area contributed by atoms with E-state index < -0.39 is 0 Å². The van der Waals surface area contributed by atoms with Gasteiger partial charge in [-0.1, -0.05) is 0 Å². The number of nitrogens with zero attached hydrogens (tertiary/aromatic N) is 1. The maximum atomic E-state index is 3.57. The zero-order valence-electron chi connectivity index (χ0n) is 16.2. The molecule has 0 amide bonds. The van der Waals surface area contributed by atoms with Gasteiger partial charge in [0.25, 0.3) is 0 Å². The fourth-order valence-electron chi connectivity index (χ4n) is 2.92. The predicted octanol–water partition coefficient (Wildman–Crippen LogP) is 3.84. The summed E-state index contributed by atoms with van der Waals surface area (Å²) >= 11 is 5.29. The van der Waals surface area contributed by atoms with E-state index in [1.807, 2.05) is 0 Å². The van der Waals surface area contributed by atoms with Gasteiger partial charge in [0.15, 0.2) is 0 Å². The summed E-state index contributed by atoms with van der Waals surface area (Å²) in [5, 5.41) is 23.8. The van der Waals surface area contributed by atoms with Crippen molar-refractivity contribution in [3.63, 3.8) is 0 Å². The number of hydrogen-bond acceptors (Lipinski definition) is 7. The number of nitrogens with one attached hydrogen (secondary N) is 3. The first-order valence-corrected chi connectivity index (χ1v) is 12.6. The Hall–Kier alpha value is -1.06. The van der Waals surface area contributed by atoms with E-state index in [4.69, 9.17) is 0 Å². The van der Waals surface area contributed by atoms with Gasteiger partial charge in [0, 0.05) is 58.9 Å². The molecule has 0 aliphatic heterocycles. The smallest absolute Gasteiger partial charge is 0.0214 e. The Kier molecular flexibility index (Phi) is 10.2. The van der Waals surface area contributed by atoms with Crippen LogP contribution in [0.15, 0.2) is 50.5 Å². The molecule has 3 heterocycles. The van der Waals surface area contributed by atoms with Gasteiger partial charge < -0.3 is 16.0 Å². The molecule has 0 bridgehead atoms. The molecule has 0 fully saturated rings. The van der Waals surface area contributed by atoms with Crippen LogP contribution in [0, 0.1) is 0 Å². The van der Waals surface area contributed by atoms with E-state index in [-0.39, 0.29) is 0 Å². The lowest BCUT2D eigenvalue weighted by Crippen LogP contribution is -2.40. The summed E-state index contributed by atoms with van der Waals surface area (Å²) in [6.45, 7) is 9.17. The topological polar surface area (TPSA) is 39.3 Å². The molecular weight excluding hydrogens is 404 g/mol. The van der Waals surface area contributed by atoms with Crippen molar-refractivity contribution >= 4 is 34.0 Å². The summed E-state index contributed by atoms with van der Waals surface area (Å²) in [5.41, 5.74) is 4.14. The van der Waals surface area contributed by atoms with Crippen molar-refractivity contribution in [1.29, 1.82) is 0 Å². The van der Waals surface area contributed by atoms with Crippen LogP contribution >= 0.6 is 34.0 Å². The molecule has 0 aromatic carbocycles. The summed E-state index contributed by atoms with van der Waals surface area (Å²) in [7, 11) is 0. The SMILES string of the molecule is c1cc(CNCCN(CCNCc2ccsc2)CCNCc2ccsc2)cs1. The van der Waals surface area contributed by atoms with E-state index in [1.165, 1.54) is 16.7 Å².